The second-order valence-electron chi connectivity index (χ2n) is 7.97. The van der Waals surface area contributed by atoms with Gasteiger partial charge in [0.1, 0.15) is 5.75 Å². The summed E-state index contributed by atoms with van der Waals surface area (Å²) in [7, 11) is 1.67. The van der Waals surface area contributed by atoms with Gasteiger partial charge >= 0.3 is 0 Å². The number of hydrogen-bond donors (Lipinski definition) is 0. The lowest BCUT2D eigenvalue weighted by atomic mass is 9.90. The van der Waals surface area contributed by atoms with Gasteiger partial charge in [-0.25, -0.2) is 0 Å². The molecule has 0 amide bonds. The SMILES string of the molecule is COc1ccc(-n2c(SCc3c(C)c(C)c(C)c(C)c3C)nnc2-c2ccncc2)cc1. The number of pyridine rings is 1. The number of thioether (sulfide) groups is 1. The molecule has 5 nitrogen and oxygen atoms in total. The van der Waals surface area contributed by atoms with Crippen molar-refractivity contribution in [3.63, 3.8) is 0 Å². The summed E-state index contributed by atoms with van der Waals surface area (Å²) in [6.07, 6.45) is 3.56. The van der Waals surface area contributed by atoms with Gasteiger partial charge in [0.05, 0.1) is 7.11 Å². The molecule has 0 aliphatic heterocycles. The molecule has 6 heteroatoms. The van der Waals surface area contributed by atoms with E-state index in [1.807, 2.05) is 36.4 Å². The molecule has 0 radical (unpaired) electrons. The summed E-state index contributed by atoms with van der Waals surface area (Å²) in [5.74, 6) is 2.45. The number of nitrogens with zero attached hydrogens (tertiary/aromatic N) is 4. The van der Waals surface area contributed by atoms with Crippen molar-refractivity contribution in [2.24, 2.45) is 0 Å². The molecule has 2 aromatic carbocycles. The number of hydrogen-bond acceptors (Lipinski definition) is 5. The van der Waals surface area contributed by atoms with Crippen LogP contribution in [0.15, 0.2) is 53.9 Å². The Morgan fingerprint density at radius 1 is 0.781 bits per heavy atom. The van der Waals surface area contributed by atoms with Crippen molar-refractivity contribution < 1.29 is 4.74 Å². The molecule has 0 bridgehead atoms. The molecule has 0 aliphatic rings. The van der Waals surface area contributed by atoms with Gasteiger partial charge < -0.3 is 4.74 Å². The van der Waals surface area contributed by atoms with Gasteiger partial charge in [0.15, 0.2) is 11.0 Å². The van der Waals surface area contributed by atoms with Crippen LogP contribution in [0.4, 0.5) is 0 Å². The fourth-order valence-corrected chi connectivity index (χ4v) is 5.07. The van der Waals surface area contributed by atoms with E-state index in [9.17, 15) is 0 Å². The van der Waals surface area contributed by atoms with Crippen LogP contribution in [0.3, 0.4) is 0 Å². The zero-order valence-corrected chi connectivity index (χ0v) is 20.2. The van der Waals surface area contributed by atoms with Gasteiger partial charge in [0.2, 0.25) is 0 Å². The third kappa shape index (κ3) is 4.02. The van der Waals surface area contributed by atoms with E-state index in [-0.39, 0.29) is 0 Å². The number of ether oxygens (including phenoxy) is 1. The van der Waals surface area contributed by atoms with Crippen molar-refractivity contribution >= 4 is 11.8 Å². The maximum Gasteiger partial charge on any atom is 0.196 e. The Balaban J connectivity index is 1.76. The van der Waals surface area contributed by atoms with Crippen LogP contribution in [-0.4, -0.2) is 26.9 Å². The number of aromatic nitrogens is 4. The van der Waals surface area contributed by atoms with E-state index in [2.05, 4.69) is 54.4 Å². The first-order valence-corrected chi connectivity index (χ1v) is 11.6. The zero-order chi connectivity index (χ0) is 22.8. The Morgan fingerprint density at radius 3 is 1.97 bits per heavy atom. The van der Waals surface area contributed by atoms with Crippen molar-refractivity contribution in [3.8, 4) is 22.8 Å². The quantitative estimate of drug-likeness (QED) is 0.333. The molecule has 4 aromatic rings. The number of benzene rings is 2. The maximum atomic E-state index is 5.34. The van der Waals surface area contributed by atoms with Crippen molar-refractivity contribution in [1.29, 1.82) is 0 Å². The fourth-order valence-electron chi connectivity index (χ4n) is 3.95. The van der Waals surface area contributed by atoms with E-state index in [1.54, 1.807) is 31.3 Å². The van der Waals surface area contributed by atoms with E-state index in [0.29, 0.717) is 0 Å². The summed E-state index contributed by atoms with van der Waals surface area (Å²) in [4.78, 5) is 4.14. The normalized spacial score (nSPS) is 11.1. The van der Waals surface area contributed by atoms with Crippen LogP contribution < -0.4 is 4.74 Å². The first-order chi connectivity index (χ1) is 15.4. The minimum Gasteiger partial charge on any atom is -0.497 e. The second-order valence-corrected chi connectivity index (χ2v) is 8.91. The highest BCUT2D eigenvalue weighted by Crippen LogP contribution is 2.34. The van der Waals surface area contributed by atoms with Crippen LogP contribution in [0.5, 0.6) is 5.75 Å². The summed E-state index contributed by atoms with van der Waals surface area (Å²) >= 11 is 1.71. The van der Waals surface area contributed by atoms with E-state index >= 15 is 0 Å². The molecule has 0 unspecified atom stereocenters. The molecular formula is C26H28N4OS. The number of methoxy groups -OCH3 is 1. The Labute approximate surface area is 193 Å². The van der Waals surface area contributed by atoms with Crippen LogP contribution in [-0.2, 0) is 5.75 Å². The molecule has 0 saturated carbocycles. The largest absolute Gasteiger partial charge is 0.497 e. The maximum absolute atomic E-state index is 5.34. The summed E-state index contributed by atoms with van der Waals surface area (Å²) in [5.41, 5.74) is 10.2. The molecule has 2 heterocycles. The highest BCUT2D eigenvalue weighted by atomic mass is 32.2. The summed E-state index contributed by atoms with van der Waals surface area (Å²) < 4.78 is 7.45. The molecule has 0 atom stereocenters. The highest BCUT2D eigenvalue weighted by Gasteiger charge is 2.18. The standard InChI is InChI=1S/C26H28N4OS/c1-16-17(2)19(4)24(20(5)18(16)3)15-32-26-29-28-25(21-11-13-27-14-12-21)30(26)22-7-9-23(31-6)10-8-22/h7-14H,15H2,1-6H3. The highest BCUT2D eigenvalue weighted by molar-refractivity contribution is 7.98. The second kappa shape index (κ2) is 9.17. The first-order valence-electron chi connectivity index (χ1n) is 10.6. The van der Waals surface area contributed by atoms with Crippen molar-refractivity contribution in [1.82, 2.24) is 19.7 Å². The molecule has 32 heavy (non-hydrogen) atoms. The van der Waals surface area contributed by atoms with E-state index in [4.69, 9.17) is 4.74 Å². The molecular weight excluding hydrogens is 416 g/mol. The lowest BCUT2D eigenvalue weighted by molar-refractivity contribution is 0.414. The van der Waals surface area contributed by atoms with Crippen molar-refractivity contribution in [3.05, 3.63) is 82.2 Å². The van der Waals surface area contributed by atoms with Crippen LogP contribution >= 0.6 is 11.8 Å². The predicted molar refractivity (Wildman–Crippen MR) is 131 cm³/mol. The van der Waals surface area contributed by atoms with Gasteiger partial charge in [-0.3, -0.25) is 9.55 Å². The van der Waals surface area contributed by atoms with E-state index in [0.717, 1.165) is 33.7 Å². The third-order valence-electron chi connectivity index (χ3n) is 6.40. The van der Waals surface area contributed by atoms with Gasteiger partial charge in [-0.15, -0.1) is 10.2 Å². The Morgan fingerprint density at radius 2 is 1.38 bits per heavy atom. The first kappa shape index (κ1) is 22.1. The molecule has 0 spiro atoms. The average Bonchev–Trinajstić information content (AvgIpc) is 3.26. The Bertz CT molecular complexity index is 1220. The van der Waals surface area contributed by atoms with Crippen LogP contribution in [0.2, 0.25) is 0 Å². The summed E-state index contributed by atoms with van der Waals surface area (Å²) in [6, 6.07) is 11.9. The molecule has 164 valence electrons. The van der Waals surface area contributed by atoms with Gasteiger partial charge in [0.25, 0.3) is 0 Å². The minimum absolute atomic E-state index is 0.796. The lowest BCUT2D eigenvalue weighted by Gasteiger charge is -2.18. The summed E-state index contributed by atoms with van der Waals surface area (Å²) in [5, 5.41) is 9.98. The van der Waals surface area contributed by atoms with Crippen LogP contribution in [0.1, 0.15) is 33.4 Å². The smallest absolute Gasteiger partial charge is 0.196 e. The average molecular weight is 445 g/mol. The Kier molecular flexibility index (Phi) is 6.33. The molecule has 4 rings (SSSR count). The minimum atomic E-state index is 0.796. The fraction of sp³-hybridized carbons (Fsp3) is 0.269. The Hall–Kier alpha value is -3.12. The lowest BCUT2D eigenvalue weighted by Crippen LogP contribution is -2.03. The van der Waals surface area contributed by atoms with Gasteiger partial charge in [0, 0.05) is 29.4 Å². The molecule has 0 fully saturated rings. The molecule has 0 saturated heterocycles. The van der Waals surface area contributed by atoms with Gasteiger partial charge in [-0.2, -0.15) is 0 Å². The van der Waals surface area contributed by atoms with Gasteiger partial charge in [-0.05, 0) is 104 Å². The number of rotatable bonds is 6. The summed E-state index contributed by atoms with van der Waals surface area (Å²) in [6.45, 7) is 11.1. The zero-order valence-electron chi connectivity index (χ0n) is 19.4. The molecule has 0 aliphatic carbocycles. The van der Waals surface area contributed by atoms with Crippen LogP contribution in [0.25, 0.3) is 17.1 Å². The van der Waals surface area contributed by atoms with Crippen molar-refractivity contribution in [2.45, 2.75) is 45.5 Å². The topological polar surface area (TPSA) is 52.8 Å². The molecule has 0 N–H and O–H groups in total. The van der Waals surface area contributed by atoms with Crippen molar-refractivity contribution in [2.75, 3.05) is 7.11 Å². The monoisotopic (exact) mass is 444 g/mol. The molecule has 2 aromatic heterocycles. The van der Waals surface area contributed by atoms with Crippen LogP contribution in [0, 0.1) is 34.6 Å². The van der Waals surface area contributed by atoms with Gasteiger partial charge in [-0.1, -0.05) is 11.8 Å². The van der Waals surface area contributed by atoms with E-state index < -0.39 is 0 Å². The van der Waals surface area contributed by atoms with E-state index in [1.165, 1.54) is 33.4 Å². The third-order valence-corrected chi connectivity index (χ3v) is 7.36. The predicted octanol–water partition coefficient (Wildman–Crippen LogP) is 6.17.